The fourth-order valence-corrected chi connectivity index (χ4v) is 3.52. The Balaban J connectivity index is 1.68. The summed E-state index contributed by atoms with van der Waals surface area (Å²) >= 11 is 5.29. The molecule has 0 aliphatic carbocycles. The first-order chi connectivity index (χ1) is 14.4. The topological polar surface area (TPSA) is 85.4 Å². The molecule has 158 valence electrons. The number of hydrogen-bond donors (Lipinski definition) is 2. The van der Waals surface area contributed by atoms with Crippen LogP contribution < -0.4 is 20.3 Å². The number of methoxy groups -OCH3 is 1. The zero-order valence-corrected chi connectivity index (χ0v) is 18.0. The van der Waals surface area contributed by atoms with Crippen molar-refractivity contribution in [1.29, 1.82) is 0 Å². The van der Waals surface area contributed by atoms with Gasteiger partial charge in [0, 0.05) is 13.0 Å². The molecule has 7 nitrogen and oxygen atoms in total. The van der Waals surface area contributed by atoms with Gasteiger partial charge in [0.05, 0.1) is 30.7 Å². The molecule has 0 spiro atoms. The molecule has 0 fully saturated rings. The minimum atomic E-state index is -0.232. The fourth-order valence-electron chi connectivity index (χ4n) is 3.24. The summed E-state index contributed by atoms with van der Waals surface area (Å²) in [6.07, 6.45) is 0.133. The van der Waals surface area contributed by atoms with Crippen molar-refractivity contribution in [3.05, 3.63) is 63.2 Å². The van der Waals surface area contributed by atoms with E-state index in [0.29, 0.717) is 33.8 Å². The van der Waals surface area contributed by atoms with Crippen LogP contribution in [0.15, 0.2) is 47.3 Å². The Labute approximate surface area is 179 Å². The summed E-state index contributed by atoms with van der Waals surface area (Å²) in [6.45, 7) is 4.53. The van der Waals surface area contributed by atoms with Crippen molar-refractivity contribution in [3.63, 3.8) is 0 Å². The number of benzene rings is 2. The van der Waals surface area contributed by atoms with Crippen LogP contribution >= 0.6 is 12.2 Å². The molecule has 1 unspecified atom stereocenters. The molecule has 1 amide bonds. The van der Waals surface area contributed by atoms with Gasteiger partial charge >= 0.3 is 0 Å². The maximum Gasteiger partial charge on any atom is 0.262 e. The van der Waals surface area contributed by atoms with Gasteiger partial charge in [0.25, 0.3) is 5.56 Å². The van der Waals surface area contributed by atoms with Crippen LogP contribution in [0.2, 0.25) is 0 Å². The van der Waals surface area contributed by atoms with Crippen molar-refractivity contribution >= 4 is 29.0 Å². The molecule has 0 saturated heterocycles. The second-order valence-electron chi connectivity index (χ2n) is 6.82. The Morgan fingerprint density at radius 3 is 2.73 bits per heavy atom. The average Bonchev–Trinajstić information content (AvgIpc) is 2.74. The Bertz CT molecular complexity index is 1170. The van der Waals surface area contributed by atoms with Gasteiger partial charge in [-0.05, 0) is 55.9 Å². The molecule has 0 radical (unpaired) electrons. The number of ether oxygens (including phenoxy) is 2. The van der Waals surface area contributed by atoms with E-state index < -0.39 is 0 Å². The van der Waals surface area contributed by atoms with Crippen molar-refractivity contribution in [3.8, 4) is 11.5 Å². The summed E-state index contributed by atoms with van der Waals surface area (Å²) in [5.41, 5.74) is 1.38. The second-order valence-corrected chi connectivity index (χ2v) is 7.20. The molecule has 2 N–H and O–H groups in total. The SMILES string of the molecule is CCOc1ccc(C(C)NC(=O)CCn2c(=S)[nH]c3ccccc3c2=O)cc1OC. The summed E-state index contributed by atoms with van der Waals surface area (Å²) < 4.78 is 12.6. The van der Waals surface area contributed by atoms with E-state index in [9.17, 15) is 9.59 Å². The number of fused-ring (bicyclic) bond motifs is 1. The molecule has 0 saturated carbocycles. The zero-order chi connectivity index (χ0) is 21.7. The van der Waals surface area contributed by atoms with E-state index in [1.807, 2.05) is 38.1 Å². The van der Waals surface area contributed by atoms with E-state index in [4.69, 9.17) is 21.7 Å². The van der Waals surface area contributed by atoms with Crippen LogP contribution in [-0.4, -0.2) is 29.2 Å². The van der Waals surface area contributed by atoms with Crippen molar-refractivity contribution in [2.45, 2.75) is 32.9 Å². The molecule has 2 aromatic carbocycles. The largest absolute Gasteiger partial charge is 0.493 e. The van der Waals surface area contributed by atoms with Gasteiger partial charge < -0.3 is 19.8 Å². The van der Waals surface area contributed by atoms with E-state index in [-0.39, 0.29) is 30.5 Å². The van der Waals surface area contributed by atoms with Crippen LogP contribution in [0.25, 0.3) is 10.9 Å². The van der Waals surface area contributed by atoms with Crippen molar-refractivity contribution in [2.75, 3.05) is 13.7 Å². The van der Waals surface area contributed by atoms with E-state index in [1.54, 1.807) is 25.3 Å². The Kier molecular flexibility index (Phi) is 6.89. The maximum atomic E-state index is 12.7. The monoisotopic (exact) mass is 427 g/mol. The third-order valence-corrected chi connectivity index (χ3v) is 5.14. The fraction of sp³-hybridized carbons (Fsp3) is 0.318. The number of aromatic nitrogens is 2. The number of amides is 1. The molecule has 1 atom stereocenters. The first-order valence-corrected chi connectivity index (χ1v) is 10.2. The number of carbonyl (C=O) groups excluding carboxylic acids is 1. The predicted octanol–water partition coefficient (Wildman–Crippen LogP) is 3.73. The zero-order valence-electron chi connectivity index (χ0n) is 17.2. The van der Waals surface area contributed by atoms with Crippen LogP contribution in [0.5, 0.6) is 11.5 Å². The standard InChI is InChI=1S/C22H25N3O4S/c1-4-29-18-10-9-15(13-19(18)28-3)14(2)23-20(26)11-12-25-21(27)16-7-5-6-8-17(16)24-22(25)30/h5-10,13-14H,4,11-12H2,1-3H3,(H,23,26)(H,24,30). The first-order valence-electron chi connectivity index (χ1n) is 9.76. The molecule has 1 aromatic heterocycles. The number of nitrogens with zero attached hydrogens (tertiary/aromatic N) is 1. The van der Waals surface area contributed by atoms with Crippen molar-refractivity contribution in [2.24, 2.45) is 0 Å². The number of rotatable bonds is 8. The van der Waals surface area contributed by atoms with Gasteiger partial charge in [0.15, 0.2) is 16.3 Å². The van der Waals surface area contributed by atoms with Gasteiger partial charge in [-0.15, -0.1) is 0 Å². The van der Waals surface area contributed by atoms with Crippen LogP contribution in [-0.2, 0) is 11.3 Å². The number of para-hydroxylation sites is 1. The van der Waals surface area contributed by atoms with E-state index in [0.717, 1.165) is 5.56 Å². The minimum Gasteiger partial charge on any atom is -0.493 e. The molecule has 8 heteroatoms. The molecule has 0 aliphatic heterocycles. The van der Waals surface area contributed by atoms with Gasteiger partial charge in [0.2, 0.25) is 5.91 Å². The Hall–Kier alpha value is -3.13. The summed E-state index contributed by atoms with van der Waals surface area (Å²) in [5.74, 6) is 1.10. The summed E-state index contributed by atoms with van der Waals surface area (Å²) in [7, 11) is 1.58. The quantitative estimate of drug-likeness (QED) is 0.535. The summed E-state index contributed by atoms with van der Waals surface area (Å²) in [6, 6.07) is 12.5. The highest BCUT2D eigenvalue weighted by molar-refractivity contribution is 7.71. The summed E-state index contributed by atoms with van der Waals surface area (Å²) in [5, 5.41) is 3.49. The molecular formula is C22H25N3O4S. The van der Waals surface area contributed by atoms with E-state index in [1.165, 1.54) is 4.57 Å². The maximum absolute atomic E-state index is 12.7. The molecular weight excluding hydrogens is 402 g/mol. The van der Waals surface area contributed by atoms with Gasteiger partial charge in [-0.2, -0.15) is 0 Å². The average molecular weight is 428 g/mol. The predicted molar refractivity (Wildman–Crippen MR) is 119 cm³/mol. The number of H-pyrrole nitrogens is 1. The van der Waals surface area contributed by atoms with Crippen LogP contribution in [0.1, 0.15) is 31.9 Å². The lowest BCUT2D eigenvalue weighted by Crippen LogP contribution is -2.30. The van der Waals surface area contributed by atoms with Crippen molar-refractivity contribution < 1.29 is 14.3 Å². The lowest BCUT2D eigenvalue weighted by atomic mass is 10.1. The van der Waals surface area contributed by atoms with Crippen molar-refractivity contribution in [1.82, 2.24) is 14.9 Å². The first kappa shape index (κ1) is 21.6. The third-order valence-electron chi connectivity index (χ3n) is 4.82. The molecule has 3 aromatic rings. The number of carbonyl (C=O) groups is 1. The molecule has 1 heterocycles. The molecule has 30 heavy (non-hydrogen) atoms. The number of hydrogen-bond acceptors (Lipinski definition) is 5. The highest BCUT2D eigenvalue weighted by Crippen LogP contribution is 2.30. The second kappa shape index (κ2) is 9.58. The Morgan fingerprint density at radius 1 is 1.23 bits per heavy atom. The molecule has 0 bridgehead atoms. The van der Waals surface area contributed by atoms with Gasteiger partial charge in [-0.1, -0.05) is 18.2 Å². The number of nitrogens with one attached hydrogen (secondary N) is 2. The van der Waals surface area contributed by atoms with Gasteiger partial charge in [-0.25, -0.2) is 0 Å². The van der Waals surface area contributed by atoms with Crippen LogP contribution in [0, 0.1) is 4.77 Å². The van der Waals surface area contributed by atoms with Gasteiger partial charge in [0.1, 0.15) is 0 Å². The highest BCUT2D eigenvalue weighted by atomic mass is 32.1. The number of aromatic amines is 1. The lowest BCUT2D eigenvalue weighted by molar-refractivity contribution is -0.122. The molecule has 3 rings (SSSR count). The van der Waals surface area contributed by atoms with Gasteiger partial charge in [-0.3, -0.25) is 14.2 Å². The highest BCUT2D eigenvalue weighted by Gasteiger charge is 2.14. The van der Waals surface area contributed by atoms with Crippen LogP contribution in [0.4, 0.5) is 0 Å². The molecule has 0 aliphatic rings. The van der Waals surface area contributed by atoms with E-state index in [2.05, 4.69) is 10.3 Å². The Morgan fingerprint density at radius 2 is 2.00 bits per heavy atom. The van der Waals surface area contributed by atoms with E-state index >= 15 is 0 Å². The minimum absolute atomic E-state index is 0.133. The third kappa shape index (κ3) is 4.71. The smallest absolute Gasteiger partial charge is 0.262 e. The lowest BCUT2D eigenvalue weighted by Gasteiger charge is -2.17. The normalized spacial score (nSPS) is 11.8. The summed E-state index contributed by atoms with van der Waals surface area (Å²) in [4.78, 5) is 28.2. The van der Waals surface area contributed by atoms with Crippen LogP contribution in [0.3, 0.4) is 0 Å².